The van der Waals surface area contributed by atoms with Gasteiger partial charge in [0, 0.05) is 25.8 Å². The molecule has 7 heteroatoms. The van der Waals surface area contributed by atoms with Gasteiger partial charge >= 0.3 is 0 Å². The van der Waals surface area contributed by atoms with E-state index in [0.717, 1.165) is 39.3 Å². The number of carbonyl (C=O) groups is 1. The van der Waals surface area contributed by atoms with Crippen molar-refractivity contribution < 1.29 is 9.53 Å². The Balaban J connectivity index is 1.55. The van der Waals surface area contributed by atoms with Gasteiger partial charge in [-0.2, -0.15) is 0 Å². The minimum Gasteiger partial charge on any atom is -0.379 e. The number of fused-ring (bicyclic) bond motifs is 1. The maximum absolute atomic E-state index is 12.2. The second-order valence-electron chi connectivity index (χ2n) is 5.51. The van der Waals surface area contributed by atoms with Crippen molar-refractivity contribution in [2.75, 3.05) is 39.4 Å². The van der Waals surface area contributed by atoms with Crippen LogP contribution in [-0.4, -0.2) is 60.2 Å². The molecule has 2 aromatic rings. The van der Waals surface area contributed by atoms with Gasteiger partial charge in [-0.15, -0.1) is 0 Å². The number of ether oxygens (including phenoxy) is 1. The van der Waals surface area contributed by atoms with Crippen LogP contribution in [0.3, 0.4) is 0 Å². The van der Waals surface area contributed by atoms with Crippen LogP contribution in [-0.2, 0) is 4.74 Å². The topological polar surface area (TPSA) is 87.3 Å². The normalized spacial score (nSPS) is 15.7. The lowest BCUT2D eigenvalue weighted by atomic mass is 10.2. The standard InChI is InChI=1S/C16H20N4O3/c21-15(18-5-2-6-20-7-9-23-10-8-20)12-11-14-13(19-16(12)22)3-1-4-17-14/h1,3-4,11H,2,5-10H2,(H,18,21)(H,19,22). The van der Waals surface area contributed by atoms with Crippen LogP contribution in [0.4, 0.5) is 0 Å². The fraction of sp³-hybridized carbons (Fsp3) is 0.438. The SMILES string of the molecule is O=C(NCCCN1CCOCC1)c1cc2ncccc2[nH]c1=O. The van der Waals surface area contributed by atoms with Gasteiger partial charge in [0.05, 0.1) is 24.2 Å². The molecule has 0 saturated carbocycles. The zero-order valence-corrected chi connectivity index (χ0v) is 12.9. The predicted molar refractivity (Wildman–Crippen MR) is 86.6 cm³/mol. The molecule has 0 bridgehead atoms. The number of aromatic amines is 1. The number of carbonyl (C=O) groups excluding carboxylic acids is 1. The summed E-state index contributed by atoms with van der Waals surface area (Å²) in [7, 11) is 0. The number of nitrogens with one attached hydrogen (secondary N) is 2. The molecule has 1 amide bonds. The van der Waals surface area contributed by atoms with Crippen LogP contribution in [0.15, 0.2) is 29.2 Å². The molecule has 0 spiro atoms. The highest BCUT2D eigenvalue weighted by Crippen LogP contribution is 2.06. The van der Waals surface area contributed by atoms with Gasteiger partial charge in [0.2, 0.25) is 0 Å². The summed E-state index contributed by atoms with van der Waals surface area (Å²) in [4.78, 5) is 33.3. The van der Waals surface area contributed by atoms with Gasteiger partial charge in [-0.3, -0.25) is 19.5 Å². The zero-order chi connectivity index (χ0) is 16.1. The number of hydrogen-bond donors (Lipinski definition) is 2. The molecule has 0 aliphatic carbocycles. The Hall–Kier alpha value is -2.25. The van der Waals surface area contributed by atoms with Gasteiger partial charge in [-0.05, 0) is 31.2 Å². The first-order valence-corrected chi connectivity index (χ1v) is 7.80. The maximum atomic E-state index is 12.2. The average molecular weight is 316 g/mol. The Morgan fingerprint density at radius 2 is 2.22 bits per heavy atom. The van der Waals surface area contributed by atoms with Crippen molar-refractivity contribution in [3.8, 4) is 0 Å². The molecule has 23 heavy (non-hydrogen) atoms. The largest absolute Gasteiger partial charge is 0.379 e. The fourth-order valence-corrected chi connectivity index (χ4v) is 2.62. The lowest BCUT2D eigenvalue weighted by Crippen LogP contribution is -2.38. The Labute approximate surface area is 133 Å². The van der Waals surface area contributed by atoms with E-state index < -0.39 is 5.56 Å². The third-order valence-corrected chi connectivity index (χ3v) is 3.90. The van der Waals surface area contributed by atoms with Gasteiger partial charge in [-0.1, -0.05) is 0 Å². The Bertz CT molecular complexity index is 737. The number of morpholine rings is 1. The van der Waals surface area contributed by atoms with Crippen molar-refractivity contribution in [3.63, 3.8) is 0 Å². The molecular formula is C16H20N4O3. The Morgan fingerprint density at radius 3 is 3.04 bits per heavy atom. The molecule has 0 atom stereocenters. The highest BCUT2D eigenvalue weighted by molar-refractivity contribution is 5.96. The van der Waals surface area contributed by atoms with Gasteiger partial charge in [0.15, 0.2) is 0 Å². The lowest BCUT2D eigenvalue weighted by molar-refractivity contribution is 0.0374. The lowest BCUT2D eigenvalue weighted by Gasteiger charge is -2.26. The molecule has 1 saturated heterocycles. The van der Waals surface area contributed by atoms with E-state index in [2.05, 4.69) is 20.2 Å². The number of aromatic nitrogens is 2. The van der Waals surface area contributed by atoms with Crippen LogP contribution in [0.2, 0.25) is 0 Å². The van der Waals surface area contributed by atoms with Gasteiger partial charge in [0.25, 0.3) is 11.5 Å². The first-order chi connectivity index (χ1) is 11.2. The van der Waals surface area contributed by atoms with E-state index in [0.29, 0.717) is 17.6 Å². The third-order valence-electron chi connectivity index (χ3n) is 3.90. The number of hydrogen-bond acceptors (Lipinski definition) is 5. The van der Waals surface area contributed by atoms with Gasteiger partial charge in [0.1, 0.15) is 5.56 Å². The van der Waals surface area contributed by atoms with Crippen LogP contribution in [0, 0.1) is 0 Å². The average Bonchev–Trinajstić information content (AvgIpc) is 2.59. The first kappa shape index (κ1) is 15.6. The molecule has 0 unspecified atom stereocenters. The van der Waals surface area contributed by atoms with E-state index in [-0.39, 0.29) is 11.5 Å². The maximum Gasteiger partial charge on any atom is 0.261 e. The van der Waals surface area contributed by atoms with Crippen molar-refractivity contribution >= 4 is 16.9 Å². The molecule has 0 aromatic carbocycles. The first-order valence-electron chi connectivity index (χ1n) is 7.80. The molecule has 1 aliphatic heterocycles. The summed E-state index contributed by atoms with van der Waals surface area (Å²) in [5.41, 5.74) is 0.936. The van der Waals surface area contributed by atoms with E-state index in [1.807, 2.05) is 0 Å². The Kier molecular flexibility index (Phi) is 4.99. The molecule has 122 valence electrons. The summed E-state index contributed by atoms with van der Waals surface area (Å²) >= 11 is 0. The number of H-pyrrole nitrogens is 1. The summed E-state index contributed by atoms with van der Waals surface area (Å²) < 4.78 is 5.29. The van der Waals surface area contributed by atoms with E-state index in [1.165, 1.54) is 6.07 Å². The summed E-state index contributed by atoms with van der Waals surface area (Å²) in [6, 6.07) is 5.03. The van der Waals surface area contributed by atoms with Crippen LogP contribution in [0.5, 0.6) is 0 Å². The molecular weight excluding hydrogens is 296 g/mol. The van der Waals surface area contributed by atoms with Crippen molar-refractivity contribution in [2.45, 2.75) is 6.42 Å². The summed E-state index contributed by atoms with van der Waals surface area (Å²) in [5.74, 6) is -0.360. The molecule has 1 aliphatic rings. The molecule has 1 fully saturated rings. The smallest absolute Gasteiger partial charge is 0.261 e. The number of amides is 1. The monoisotopic (exact) mass is 316 g/mol. The van der Waals surface area contributed by atoms with Crippen LogP contribution in [0.25, 0.3) is 11.0 Å². The Morgan fingerprint density at radius 1 is 1.39 bits per heavy atom. The molecule has 0 radical (unpaired) electrons. The molecule has 3 heterocycles. The summed E-state index contributed by atoms with van der Waals surface area (Å²) in [6.07, 6.45) is 2.47. The predicted octanol–water partition coefficient (Wildman–Crippen LogP) is 0.375. The van der Waals surface area contributed by atoms with Crippen LogP contribution >= 0.6 is 0 Å². The summed E-state index contributed by atoms with van der Waals surface area (Å²) in [6.45, 7) is 4.86. The minimum atomic E-state index is -0.392. The van der Waals surface area contributed by atoms with E-state index in [4.69, 9.17) is 4.74 Å². The number of rotatable bonds is 5. The van der Waals surface area contributed by atoms with Crippen molar-refractivity contribution in [1.82, 2.24) is 20.2 Å². The highest BCUT2D eigenvalue weighted by atomic mass is 16.5. The van der Waals surface area contributed by atoms with Crippen molar-refractivity contribution in [3.05, 3.63) is 40.3 Å². The third kappa shape index (κ3) is 3.94. The minimum absolute atomic E-state index is 0.0996. The van der Waals surface area contributed by atoms with Crippen LogP contribution < -0.4 is 10.9 Å². The number of nitrogens with zero attached hydrogens (tertiary/aromatic N) is 2. The summed E-state index contributed by atoms with van der Waals surface area (Å²) in [5, 5.41) is 2.80. The highest BCUT2D eigenvalue weighted by Gasteiger charge is 2.13. The van der Waals surface area contributed by atoms with E-state index in [1.54, 1.807) is 18.3 Å². The molecule has 3 rings (SSSR count). The van der Waals surface area contributed by atoms with Gasteiger partial charge < -0.3 is 15.0 Å². The second kappa shape index (κ2) is 7.34. The second-order valence-corrected chi connectivity index (χ2v) is 5.51. The zero-order valence-electron chi connectivity index (χ0n) is 12.9. The molecule has 7 nitrogen and oxygen atoms in total. The number of pyridine rings is 2. The van der Waals surface area contributed by atoms with Crippen molar-refractivity contribution in [1.29, 1.82) is 0 Å². The fourth-order valence-electron chi connectivity index (χ4n) is 2.62. The molecule has 2 N–H and O–H groups in total. The van der Waals surface area contributed by atoms with Crippen LogP contribution in [0.1, 0.15) is 16.8 Å². The van der Waals surface area contributed by atoms with Crippen molar-refractivity contribution in [2.24, 2.45) is 0 Å². The van der Waals surface area contributed by atoms with Gasteiger partial charge in [-0.25, -0.2) is 0 Å². The van der Waals surface area contributed by atoms with E-state index >= 15 is 0 Å². The molecule has 2 aromatic heterocycles. The van der Waals surface area contributed by atoms with E-state index in [9.17, 15) is 9.59 Å². The quantitative estimate of drug-likeness (QED) is 0.779.